The molecule has 3 unspecified atom stereocenters. The molecule has 3 aliphatic heterocycles. The summed E-state index contributed by atoms with van der Waals surface area (Å²) < 4.78 is 10.2. The molecule has 1 fully saturated rings. The van der Waals surface area contributed by atoms with Gasteiger partial charge in [-0.15, -0.1) is 0 Å². The second kappa shape index (κ2) is 6.67. The SMILES string of the molecule is C=C1C(CO)C(O)CC12OC(=O)/C=C\C(=O)OC1=NC3=NC2=NC(=O)C3=N1.O. The summed E-state index contributed by atoms with van der Waals surface area (Å²) in [5.41, 5.74) is -1.88. The Kier molecular flexibility index (Phi) is 4.62. The summed E-state index contributed by atoms with van der Waals surface area (Å²) in [5.74, 6) is -4.01. The van der Waals surface area contributed by atoms with Gasteiger partial charge in [0.2, 0.25) is 0 Å². The third kappa shape index (κ3) is 2.79. The molecule has 0 radical (unpaired) electrons. The molecular weight excluding hydrogens is 376 g/mol. The number of amidine groups is 3. The van der Waals surface area contributed by atoms with E-state index in [0.29, 0.717) is 0 Å². The number of amides is 1. The summed E-state index contributed by atoms with van der Waals surface area (Å²) in [5, 5.41) is 19.8. The maximum absolute atomic E-state index is 12.3. The zero-order valence-corrected chi connectivity index (χ0v) is 14.2. The van der Waals surface area contributed by atoms with E-state index in [1.807, 2.05) is 0 Å². The topological polar surface area (TPSA) is 191 Å². The van der Waals surface area contributed by atoms with Gasteiger partial charge < -0.3 is 25.2 Å². The average Bonchev–Trinajstić information content (AvgIpc) is 3.12. The van der Waals surface area contributed by atoms with Crippen LogP contribution in [0.4, 0.5) is 0 Å². The van der Waals surface area contributed by atoms with Gasteiger partial charge in [-0.2, -0.15) is 15.0 Å². The zero-order valence-electron chi connectivity index (χ0n) is 14.2. The summed E-state index contributed by atoms with van der Waals surface area (Å²) >= 11 is 0. The van der Waals surface area contributed by atoms with Crippen LogP contribution in [-0.4, -0.2) is 75.3 Å². The highest BCUT2D eigenvalue weighted by Crippen LogP contribution is 2.44. The molecule has 1 saturated carbocycles. The first kappa shape index (κ1) is 19.4. The van der Waals surface area contributed by atoms with E-state index in [4.69, 9.17) is 9.47 Å². The van der Waals surface area contributed by atoms with Crippen molar-refractivity contribution in [2.24, 2.45) is 25.9 Å². The van der Waals surface area contributed by atoms with E-state index in [1.54, 1.807) is 0 Å². The van der Waals surface area contributed by atoms with E-state index in [-0.39, 0.29) is 34.9 Å². The van der Waals surface area contributed by atoms with Gasteiger partial charge in [-0.3, -0.25) is 4.79 Å². The Balaban J connectivity index is 0.00000225. The van der Waals surface area contributed by atoms with Crippen molar-refractivity contribution in [1.29, 1.82) is 0 Å². The lowest BCUT2D eigenvalue weighted by Gasteiger charge is -2.30. The van der Waals surface area contributed by atoms with Gasteiger partial charge in [-0.25, -0.2) is 14.6 Å². The van der Waals surface area contributed by atoms with Crippen molar-refractivity contribution in [3.05, 3.63) is 24.3 Å². The van der Waals surface area contributed by atoms with Crippen molar-refractivity contribution < 1.29 is 39.5 Å². The Hall–Kier alpha value is -3.35. The Morgan fingerprint density at radius 1 is 1.14 bits per heavy atom. The van der Waals surface area contributed by atoms with Crippen molar-refractivity contribution in [2.45, 2.75) is 18.1 Å². The fourth-order valence-electron chi connectivity index (χ4n) is 3.22. The number of nitrogens with zero attached hydrogens (tertiary/aromatic N) is 4. The van der Waals surface area contributed by atoms with Gasteiger partial charge in [0.05, 0.1) is 12.7 Å². The van der Waals surface area contributed by atoms with Gasteiger partial charge in [-0.05, 0) is 5.57 Å². The van der Waals surface area contributed by atoms with Crippen molar-refractivity contribution in [3.63, 3.8) is 0 Å². The van der Waals surface area contributed by atoms with Crippen LogP contribution >= 0.6 is 0 Å². The van der Waals surface area contributed by atoms with E-state index in [0.717, 1.165) is 12.2 Å². The molecule has 0 aromatic heterocycles. The molecule has 3 bridgehead atoms. The predicted molar refractivity (Wildman–Crippen MR) is 92.8 cm³/mol. The quantitative estimate of drug-likeness (QED) is 0.369. The lowest BCUT2D eigenvalue weighted by Crippen LogP contribution is -2.45. The second-order valence-corrected chi connectivity index (χ2v) is 6.12. The maximum Gasteiger partial charge on any atom is 0.338 e. The smallest absolute Gasteiger partial charge is 0.338 e. The van der Waals surface area contributed by atoms with E-state index in [2.05, 4.69) is 26.5 Å². The van der Waals surface area contributed by atoms with Crippen molar-refractivity contribution in [2.75, 3.05) is 6.61 Å². The number of esters is 2. The van der Waals surface area contributed by atoms with Crippen LogP contribution in [0.2, 0.25) is 0 Å². The Morgan fingerprint density at radius 3 is 2.54 bits per heavy atom. The minimum absolute atomic E-state index is 0. The third-order valence-corrected chi connectivity index (χ3v) is 4.55. The van der Waals surface area contributed by atoms with Crippen LogP contribution < -0.4 is 0 Å². The zero-order chi connectivity index (χ0) is 19.3. The minimum Gasteiger partial charge on any atom is -0.443 e. The molecule has 1 aliphatic carbocycles. The molecular formula is C16H14N4O8. The van der Waals surface area contributed by atoms with Gasteiger partial charge >= 0.3 is 23.9 Å². The Morgan fingerprint density at radius 2 is 1.86 bits per heavy atom. The lowest BCUT2D eigenvalue weighted by atomic mass is 9.92. The number of hydrogen-bond donors (Lipinski definition) is 2. The Labute approximate surface area is 156 Å². The minimum atomic E-state index is -1.77. The first-order valence-electron chi connectivity index (χ1n) is 7.85. The molecule has 28 heavy (non-hydrogen) atoms. The summed E-state index contributed by atoms with van der Waals surface area (Å²) in [7, 11) is 0. The number of aliphatic imine (C=N–C) groups is 4. The maximum atomic E-state index is 12.3. The van der Waals surface area contributed by atoms with E-state index in [1.165, 1.54) is 0 Å². The number of carbonyl (C=O) groups excluding carboxylic acids is 3. The largest absolute Gasteiger partial charge is 0.443 e. The van der Waals surface area contributed by atoms with Crippen molar-refractivity contribution >= 4 is 41.3 Å². The van der Waals surface area contributed by atoms with Crippen LogP contribution in [0.25, 0.3) is 0 Å². The number of fused-ring (bicyclic) bond motifs is 2. The van der Waals surface area contributed by atoms with E-state index >= 15 is 0 Å². The molecule has 0 aromatic rings. The summed E-state index contributed by atoms with van der Waals surface area (Å²) in [6, 6.07) is -0.412. The number of aliphatic hydroxyl groups is 2. The van der Waals surface area contributed by atoms with Crippen LogP contribution in [0.3, 0.4) is 0 Å². The molecule has 12 heteroatoms. The van der Waals surface area contributed by atoms with Crippen LogP contribution in [0.15, 0.2) is 44.3 Å². The average molecular weight is 390 g/mol. The number of rotatable bonds is 1. The van der Waals surface area contributed by atoms with E-state index < -0.39 is 48.1 Å². The number of hydrogen-bond acceptors (Lipinski definition) is 10. The number of aliphatic hydroxyl groups excluding tert-OH is 2. The highest BCUT2D eigenvalue weighted by Gasteiger charge is 2.56. The van der Waals surface area contributed by atoms with Crippen LogP contribution in [-0.2, 0) is 23.9 Å². The molecule has 3 heterocycles. The summed E-state index contributed by atoms with van der Waals surface area (Å²) in [4.78, 5) is 51.9. The number of ether oxygens (including phenoxy) is 2. The molecule has 4 rings (SSSR count). The van der Waals surface area contributed by atoms with Gasteiger partial charge in [0.25, 0.3) is 0 Å². The van der Waals surface area contributed by atoms with E-state index in [9.17, 15) is 24.6 Å². The lowest BCUT2D eigenvalue weighted by molar-refractivity contribution is -0.145. The standard InChI is InChI=1S/C16H12N4O7.H2O/c1-6-7(5-21)8(22)4-16(6)14-18-12-11(13(25)20-14)17-15(19-12)26-9(23)2-3-10(24)27-16;/h2-3,7-8,21-22H,1,4-5H2;1H2/b3-2-;. The van der Waals surface area contributed by atoms with Gasteiger partial charge in [-0.1, -0.05) is 6.58 Å². The molecule has 12 nitrogen and oxygen atoms in total. The molecule has 3 atom stereocenters. The van der Waals surface area contributed by atoms with Crippen molar-refractivity contribution in [3.8, 4) is 0 Å². The van der Waals surface area contributed by atoms with Gasteiger partial charge in [0.15, 0.2) is 23.0 Å². The van der Waals surface area contributed by atoms with Crippen LogP contribution in [0.5, 0.6) is 0 Å². The molecule has 0 aromatic carbocycles. The first-order valence-corrected chi connectivity index (χ1v) is 7.85. The highest BCUT2D eigenvalue weighted by molar-refractivity contribution is 6.72. The second-order valence-electron chi connectivity index (χ2n) is 6.12. The van der Waals surface area contributed by atoms with Gasteiger partial charge in [0.1, 0.15) is 0 Å². The fraction of sp³-hybridized carbons (Fsp3) is 0.312. The normalized spacial score (nSPS) is 32.4. The molecule has 4 N–H and O–H groups in total. The molecule has 0 saturated heterocycles. The van der Waals surface area contributed by atoms with Crippen LogP contribution in [0, 0.1) is 5.92 Å². The van der Waals surface area contributed by atoms with Gasteiger partial charge in [0, 0.05) is 24.5 Å². The number of carbonyl (C=O) groups is 3. The molecule has 146 valence electrons. The molecule has 1 spiro atoms. The molecule has 4 aliphatic rings. The monoisotopic (exact) mass is 390 g/mol. The third-order valence-electron chi connectivity index (χ3n) is 4.55. The first-order chi connectivity index (χ1) is 12.8. The molecule has 1 amide bonds. The summed E-state index contributed by atoms with van der Waals surface area (Å²) in [6.07, 6.45) is 0.263. The highest BCUT2D eigenvalue weighted by atomic mass is 16.6. The van der Waals surface area contributed by atoms with Crippen molar-refractivity contribution in [1.82, 2.24) is 0 Å². The predicted octanol–water partition coefficient (Wildman–Crippen LogP) is -2.37. The Bertz CT molecular complexity index is 960. The fourth-order valence-corrected chi connectivity index (χ4v) is 3.22. The van der Waals surface area contributed by atoms with Crippen LogP contribution in [0.1, 0.15) is 6.42 Å². The summed E-state index contributed by atoms with van der Waals surface area (Å²) in [6.45, 7) is 3.35.